The Balaban J connectivity index is 1.85. The van der Waals surface area contributed by atoms with Gasteiger partial charge in [0.1, 0.15) is 5.75 Å². The van der Waals surface area contributed by atoms with Crippen LogP contribution < -0.4 is 19.6 Å². The molecule has 1 aromatic heterocycles. The Labute approximate surface area is 189 Å². The minimum absolute atomic E-state index is 0.207. The minimum Gasteiger partial charge on any atom is -0.497 e. The molecule has 4 rings (SSSR count). The van der Waals surface area contributed by atoms with Crippen molar-refractivity contribution in [2.45, 2.75) is 13.0 Å². The molecule has 1 aliphatic rings. The van der Waals surface area contributed by atoms with Gasteiger partial charge in [0.2, 0.25) is 0 Å². The summed E-state index contributed by atoms with van der Waals surface area (Å²) in [5, 5.41) is 0. The Hall–Kier alpha value is -3.71. The lowest BCUT2D eigenvalue weighted by molar-refractivity contribution is -0.136. The van der Waals surface area contributed by atoms with Gasteiger partial charge in [0.05, 0.1) is 36.1 Å². The van der Waals surface area contributed by atoms with Gasteiger partial charge in [0.25, 0.3) is 5.56 Å². The number of rotatable bonds is 5. The maximum Gasteiger partial charge on any atom is 0.338 e. The number of carbonyl (C=O) groups is 1. The van der Waals surface area contributed by atoms with Crippen LogP contribution >= 0.6 is 11.3 Å². The van der Waals surface area contributed by atoms with Crippen LogP contribution in [0.15, 0.2) is 81.7 Å². The van der Waals surface area contributed by atoms with E-state index in [9.17, 15) is 9.59 Å². The maximum absolute atomic E-state index is 13.4. The molecule has 162 valence electrons. The lowest BCUT2D eigenvalue weighted by Crippen LogP contribution is -2.38. The average molecular weight is 447 g/mol. The lowest BCUT2D eigenvalue weighted by atomic mass is 10.0. The number of thiazole rings is 1. The van der Waals surface area contributed by atoms with Crippen molar-refractivity contribution in [3.05, 3.63) is 103 Å². The van der Waals surface area contributed by atoms with E-state index in [-0.39, 0.29) is 5.56 Å². The number of methoxy groups -OCH3 is 2. The monoisotopic (exact) mass is 446 g/mol. The quantitative estimate of drug-likeness (QED) is 0.565. The number of nitrogens with zero attached hydrogens (tertiary/aromatic N) is 2. The average Bonchev–Trinajstić information content (AvgIpc) is 3.12. The summed E-state index contributed by atoms with van der Waals surface area (Å²) in [6, 6.07) is 16.5. The van der Waals surface area contributed by atoms with E-state index in [0.717, 1.165) is 16.9 Å². The number of allylic oxidation sites excluding steroid dienone is 2. The zero-order valence-electron chi connectivity index (χ0n) is 17.9. The van der Waals surface area contributed by atoms with Crippen molar-refractivity contribution in [1.29, 1.82) is 0 Å². The van der Waals surface area contributed by atoms with Gasteiger partial charge in [0, 0.05) is 0 Å². The summed E-state index contributed by atoms with van der Waals surface area (Å²) in [4.78, 5) is 31.0. The van der Waals surface area contributed by atoms with Crippen LogP contribution in [0.3, 0.4) is 0 Å². The Morgan fingerprint density at radius 1 is 1.06 bits per heavy atom. The first-order valence-corrected chi connectivity index (χ1v) is 10.8. The summed E-state index contributed by atoms with van der Waals surface area (Å²) in [5.41, 5.74) is 2.52. The highest BCUT2D eigenvalue weighted by atomic mass is 32.1. The Kier molecular flexibility index (Phi) is 6.18. The Morgan fingerprint density at radius 3 is 2.44 bits per heavy atom. The highest BCUT2D eigenvalue weighted by Crippen LogP contribution is 2.26. The third-order valence-electron chi connectivity index (χ3n) is 5.15. The van der Waals surface area contributed by atoms with Crippen molar-refractivity contribution in [2.75, 3.05) is 14.2 Å². The zero-order valence-corrected chi connectivity index (χ0v) is 18.8. The number of hydrogen-bond donors (Lipinski definition) is 0. The number of benzene rings is 2. The SMILES string of the molecule is COC(=O)C1=C(C)N=c2s/c(=C/c3ccc(OC)cc3)c(=O)n2C1/C=C/c1ccccc1. The number of carbonyl (C=O) groups excluding carboxylic acids is 1. The number of esters is 1. The molecule has 3 aromatic rings. The molecular formula is C25H22N2O4S. The first kappa shape index (κ1) is 21.5. The fourth-order valence-corrected chi connectivity index (χ4v) is 4.59. The molecule has 1 aliphatic heterocycles. The molecular weight excluding hydrogens is 424 g/mol. The topological polar surface area (TPSA) is 69.9 Å². The van der Waals surface area contributed by atoms with Crippen LogP contribution in [0.5, 0.6) is 5.75 Å². The van der Waals surface area contributed by atoms with E-state index < -0.39 is 12.0 Å². The predicted molar refractivity (Wildman–Crippen MR) is 125 cm³/mol. The first-order chi connectivity index (χ1) is 15.5. The molecule has 0 spiro atoms. The van der Waals surface area contributed by atoms with E-state index >= 15 is 0 Å². The van der Waals surface area contributed by atoms with E-state index in [1.165, 1.54) is 18.4 Å². The van der Waals surface area contributed by atoms with E-state index in [0.29, 0.717) is 20.6 Å². The largest absolute Gasteiger partial charge is 0.497 e. The van der Waals surface area contributed by atoms with Gasteiger partial charge in [-0.15, -0.1) is 0 Å². The summed E-state index contributed by atoms with van der Waals surface area (Å²) in [6.07, 6.45) is 5.56. The van der Waals surface area contributed by atoms with E-state index in [1.807, 2.05) is 72.8 Å². The molecule has 32 heavy (non-hydrogen) atoms. The van der Waals surface area contributed by atoms with Crippen molar-refractivity contribution < 1.29 is 14.3 Å². The second-order valence-electron chi connectivity index (χ2n) is 7.16. The summed E-state index contributed by atoms with van der Waals surface area (Å²) in [7, 11) is 2.94. The van der Waals surface area contributed by atoms with Gasteiger partial charge in [-0.3, -0.25) is 9.36 Å². The lowest BCUT2D eigenvalue weighted by Gasteiger charge is -2.21. The Morgan fingerprint density at radius 2 is 1.78 bits per heavy atom. The molecule has 6 nitrogen and oxygen atoms in total. The van der Waals surface area contributed by atoms with Gasteiger partial charge in [-0.25, -0.2) is 9.79 Å². The van der Waals surface area contributed by atoms with Gasteiger partial charge in [-0.05, 0) is 36.3 Å². The van der Waals surface area contributed by atoms with Crippen molar-refractivity contribution >= 4 is 29.5 Å². The minimum atomic E-state index is -0.614. The Bertz CT molecular complexity index is 1380. The fraction of sp³-hybridized carbons (Fsp3) is 0.160. The number of aromatic nitrogens is 1. The molecule has 0 amide bonds. The van der Waals surface area contributed by atoms with Gasteiger partial charge >= 0.3 is 5.97 Å². The summed E-state index contributed by atoms with van der Waals surface area (Å²) >= 11 is 1.29. The molecule has 0 N–H and O–H groups in total. The number of ether oxygens (including phenoxy) is 2. The molecule has 0 fully saturated rings. The molecule has 2 heterocycles. The highest BCUT2D eigenvalue weighted by Gasteiger charge is 2.30. The third kappa shape index (κ3) is 4.20. The fourth-order valence-electron chi connectivity index (χ4n) is 3.54. The summed E-state index contributed by atoms with van der Waals surface area (Å²) < 4.78 is 12.3. The third-order valence-corrected chi connectivity index (χ3v) is 6.14. The van der Waals surface area contributed by atoms with Crippen LogP contribution in [0, 0.1) is 0 Å². The molecule has 0 saturated carbocycles. The molecule has 0 radical (unpaired) electrons. The van der Waals surface area contributed by atoms with Crippen LogP contribution in [-0.2, 0) is 9.53 Å². The van der Waals surface area contributed by atoms with Crippen molar-refractivity contribution in [2.24, 2.45) is 4.99 Å². The maximum atomic E-state index is 13.4. The van der Waals surface area contributed by atoms with Crippen LogP contribution in [0.4, 0.5) is 0 Å². The number of hydrogen-bond acceptors (Lipinski definition) is 6. The van der Waals surface area contributed by atoms with Gasteiger partial charge in [0.15, 0.2) is 4.80 Å². The van der Waals surface area contributed by atoms with Gasteiger partial charge in [-0.2, -0.15) is 0 Å². The van der Waals surface area contributed by atoms with Crippen molar-refractivity contribution in [3.63, 3.8) is 0 Å². The number of fused-ring (bicyclic) bond motifs is 1. The first-order valence-electron chi connectivity index (χ1n) is 10.00. The van der Waals surface area contributed by atoms with Crippen molar-refractivity contribution in [3.8, 4) is 5.75 Å². The standard InChI is InChI=1S/C25H22N2O4S/c1-16-22(24(29)31-3)20(14-11-17-7-5-4-6-8-17)27-23(28)21(32-25(27)26-16)15-18-9-12-19(30-2)13-10-18/h4-15,20H,1-3H3/b14-11+,21-15+. The second kappa shape index (κ2) is 9.20. The second-order valence-corrected chi connectivity index (χ2v) is 8.17. The van der Waals surface area contributed by atoms with E-state index in [2.05, 4.69) is 4.99 Å². The van der Waals surface area contributed by atoms with E-state index in [1.54, 1.807) is 18.6 Å². The molecule has 2 aromatic carbocycles. The van der Waals surface area contributed by atoms with Crippen LogP contribution in [-0.4, -0.2) is 24.8 Å². The van der Waals surface area contributed by atoms with Crippen LogP contribution in [0.1, 0.15) is 24.1 Å². The molecule has 0 saturated heterocycles. The molecule has 0 bridgehead atoms. The summed E-state index contributed by atoms with van der Waals surface area (Å²) in [6.45, 7) is 1.76. The molecule has 1 unspecified atom stereocenters. The molecule has 0 aliphatic carbocycles. The van der Waals surface area contributed by atoms with E-state index in [4.69, 9.17) is 9.47 Å². The predicted octanol–water partition coefficient (Wildman–Crippen LogP) is 3.08. The van der Waals surface area contributed by atoms with Gasteiger partial charge in [-0.1, -0.05) is 66.0 Å². The molecule has 7 heteroatoms. The van der Waals surface area contributed by atoms with Crippen LogP contribution in [0.2, 0.25) is 0 Å². The van der Waals surface area contributed by atoms with Crippen molar-refractivity contribution in [1.82, 2.24) is 4.57 Å². The zero-order chi connectivity index (χ0) is 22.7. The van der Waals surface area contributed by atoms with Gasteiger partial charge < -0.3 is 9.47 Å². The smallest absolute Gasteiger partial charge is 0.338 e. The highest BCUT2D eigenvalue weighted by molar-refractivity contribution is 7.07. The molecule has 1 atom stereocenters. The van der Waals surface area contributed by atoms with Crippen LogP contribution in [0.25, 0.3) is 12.2 Å². The normalized spacial score (nSPS) is 16.1. The summed E-state index contributed by atoms with van der Waals surface area (Å²) in [5.74, 6) is 0.242.